The van der Waals surface area contributed by atoms with Gasteiger partial charge in [0.25, 0.3) is 0 Å². The maximum atomic E-state index is 11.8. The van der Waals surface area contributed by atoms with E-state index in [0.29, 0.717) is 12.6 Å². The quantitative estimate of drug-likeness (QED) is 0.678. The lowest BCUT2D eigenvalue weighted by molar-refractivity contribution is 0.0894. The van der Waals surface area contributed by atoms with E-state index < -0.39 is 0 Å². The number of hydrogen-bond acceptors (Lipinski definition) is 3. The Morgan fingerprint density at radius 3 is 2.83 bits per heavy atom. The number of nitrogens with zero attached hydrogens (tertiary/aromatic N) is 1. The Bertz CT molecular complexity index is 501. The molecule has 1 atom stereocenters. The van der Waals surface area contributed by atoms with Gasteiger partial charge in [0.05, 0.1) is 6.61 Å². The number of aliphatic hydroxyl groups is 1. The van der Waals surface area contributed by atoms with Gasteiger partial charge in [0.1, 0.15) is 0 Å². The summed E-state index contributed by atoms with van der Waals surface area (Å²) in [5, 5.41) is 15.1. The number of carbonyl (C=O) groups is 1. The van der Waals surface area contributed by atoms with Gasteiger partial charge in [-0.1, -0.05) is 31.2 Å². The summed E-state index contributed by atoms with van der Waals surface area (Å²) < 4.78 is 0. The third kappa shape index (κ3) is 5.69. The molecule has 0 radical (unpaired) electrons. The molecule has 0 spiro atoms. The first-order chi connectivity index (χ1) is 11.2. The van der Waals surface area contributed by atoms with Crippen molar-refractivity contribution in [1.29, 1.82) is 0 Å². The van der Waals surface area contributed by atoms with Crippen LogP contribution in [0.5, 0.6) is 0 Å². The largest absolute Gasteiger partial charge is 0.395 e. The van der Waals surface area contributed by atoms with Crippen LogP contribution in [0, 0.1) is 0 Å². The lowest BCUT2D eigenvalue weighted by atomic mass is 10.0. The van der Waals surface area contributed by atoms with Crippen LogP contribution in [0.3, 0.4) is 0 Å². The highest BCUT2D eigenvalue weighted by molar-refractivity contribution is 5.89. The molecule has 0 saturated carbocycles. The second-order valence-corrected chi connectivity index (χ2v) is 5.93. The van der Waals surface area contributed by atoms with E-state index in [0.717, 1.165) is 37.2 Å². The fraction of sp³-hybridized carbons (Fsp3) is 0.500. The zero-order valence-electron chi connectivity index (χ0n) is 13.6. The van der Waals surface area contributed by atoms with Gasteiger partial charge in [-0.05, 0) is 43.5 Å². The summed E-state index contributed by atoms with van der Waals surface area (Å²) in [6, 6.07) is 7.64. The highest BCUT2D eigenvalue weighted by Crippen LogP contribution is 2.16. The van der Waals surface area contributed by atoms with E-state index in [9.17, 15) is 9.90 Å². The molecule has 5 nitrogen and oxygen atoms in total. The Labute approximate surface area is 138 Å². The van der Waals surface area contributed by atoms with E-state index in [4.69, 9.17) is 0 Å². The van der Waals surface area contributed by atoms with Crippen molar-refractivity contribution in [2.75, 3.05) is 31.6 Å². The van der Waals surface area contributed by atoms with E-state index in [-0.39, 0.29) is 12.6 Å². The van der Waals surface area contributed by atoms with Crippen LogP contribution in [-0.2, 0) is 0 Å². The molecule has 23 heavy (non-hydrogen) atoms. The monoisotopic (exact) mass is 317 g/mol. The van der Waals surface area contributed by atoms with E-state index in [2.05, 4.69) is 22.1 Å². The SMILES string of the molecule is C=Cc1ccc(NC(=O)NCCCN2CCCC[C@@H]2CO)cc1. The lowest BCUT2D eigenvalue weighted by Crippen LogP contribution is -2.43. The Balaban J connectivity index is 1.65. The minimum absolute atomic E-state index is 0.186. The number of piperidine rings is 1. The van der Waals surface area contributed by atoms with Crippen molar-refractivity contribution in [2.24, 2.45) is 0 Å². The van der Waals surface area contributed by atoms with Crippen LogP contribution in [0.2, 0.25) is 0 Å². The fourth-order valence-corrected chi connectivity index (χ4v) is 2.92. The highest BCUT2D eigenvalue weighted by Gasteiger charge is 2.20. The molecule has 0 aromatic heterocycles. The number of nitrogens with one attached hydrogen (secondary N) is 2. The number of anilines is 1. The normalized spacial score (nSPS) is 18.4. The van der Waals surface area contributed by atoms with Gasteiger partial charge in [-0.2, -0.15) is 0 Å². The maximum Gasteiger partial charge on any atom is 0.319 e. The first-order valence-corrected chi connectivity index (χ1v) is 8.35. The van der Waals surface area contributed by atoms with Crippen molar-refractivity contribution in [1.82, 2.24) is 10.2 Å². The molecule has 1 aromatic rings. The predicted molar refractivity (Wildman–Crippen MR) is 94.5 cm³/mol. The van der Waals surface area contributed by atoms with Gasteiger partial charge in [0, 0.05) is 24.8 Å². The topological polar surface area (TPSA) is 64.6 Å². The summed E-state index contributed by atoms with van der Waals surface area (Å²) in [5.74, 6) is 0. The second kappa shape index (κ2) is 9.33. The van der Waals surface area contributed by atoms with Gasteiger partial charge >= 0.3 is 6.03 Å². The minimum atomic E-state index is -0.186. The van der Waals surface area contributed by atoms with E-state index >= 15 is 0 Å². The lowest BCUT2D eigenvalue weighted by Gasteiger charge is -2.34. The molecule has 1 saturated heterocycles. The van der Waals surface area contributed by atoms with Gasteiger partial charge in [-0.15, -0.1) is 0 Å². The van der Waals surface area contributed by atoms with Crippen molar-refractivity contribution in [3.05, 3.63) is 36.4 Å². The Morgan fingerprint density at radius 2 is 2.13 bits per heavy atom. The molecule has 126 valence electrons. The van der Waals surface area contributed by atoms with Crippen LogP contribution >= 0.6 is 0 Å². The predicted octanol–water partition coefficient (Wildman–Crippen LogP) is 2.69. The van der Waals surface area contributed by atoms with Crippen LogP contribution < -0.4 is 10.6 Å². The first kappa shape index (κ1) is 17.5. The number of likely N-dealkylation sites (tertiary alicyclic amines) is 1. The number of benzene rings is 1. The van der Waals surface area contributed by atoms with Crippen LogP contribution in [0.1, 0.15) is 31.2 Å². The number of rotatable bonds is 7. The summed E-state index contributed by atoms with van der Waals surface area (Å²) in [6.45, 7) is 6.53. The minimum Gasteiger partial charge on any atom is -0.395 e. The Kier molecular flexibility index (Phi) is 7.10. The van der Waals surface area contributed by atoms with Crippen molar-refractivity contribution in [3.8, 4) is 0 Å². The third-order valence-electron chi connectivity index (χ3n) is 4.27. The van der Waals surface area contributed by atoms with E-state index in [1.54, 1.807) is 6.08 Å². The summed E-state index contributed by atoms with van der Waals surface area (Å²) >= 11 is 0. The first-order valence-electron chi connectivity index (χ1n) is 8.35. The zero-order chi connectivity index (χ0) is 16.5. The van der Waals surface area contributed by atoms with Crippen LogP contribution in [0.4, 0.5) is 10.5 Å². The van der Waals surface area contributed by atoms with Gasteiger partial charge < -0.3 is 15.7 Å². The highest BCUT2D eigenvalue weighted by atomic mass is 16.3. The molecular formula is C18H27N3O2. The molecule has 5 heteroatoms. The molecule has 1 aliphatic heterocycles. The van der Waals surface area contributed by atoms with Crippen LogP contribution in [-0.4, -0.2) is 48.3 Å². The summed E-state index contributed by atoms with van der Waals surface area (Å²) in [7, 11) is 0. The molecule has 2 rings (SSSR count). The van der Waals surface area contributed by atoms with Crippen molar-refractivity contribution in [3.63, 3.8) is 0 Å². The van der Waals surface area contributed by atoms with Gasteiger partial charge in [-0.25, -0.2) is 4.79 Å². The van der Waals surface area contributed by atoms with E-state index in [1.165, 1.54) is 12.8 Å². The maximum absolute atomic E-state index is 11.8. The van der Waals surface area contributed by atoms with E-state index in [1.807, 2.05) is 24.3 Å². The summed E-state index contributed by atoms with van der Waals surface area (Å²) in [4.78, 5) is 14.2. The van der Waals surface area contributed by atoms with Gasteiger partial charge in [-0.3, -0.25) is 4.90 Å². The number of aliphatic hydroxyl groups excluding tert-OH is 1. The molecule has 1 heterocycles. The Morgan fingerprint density at radius 1 is 1.35 bits per heavy atom. The Hall–Kier alpha value is -1.85. The molecule has 0 unspecified atom stereocenters. The second-order valence-electron chi connectivity index (χ2n) is 5.93. The number of urea groups is 1. The average molecular weight is 317 g/mol. The molecular weight excluding hydrogens is 290 g/mol. The van der Waals surface area contributed by atoms with Gasteiger partial charge in [0.2, 0.25) is 0 Å². The third-order valence-corrected chi connectivity index (χ3v) is 4.27. The smallest absolute Gasteiger partial charge is 0.319 e. The summed E-state index contributed by atoms with van der Waals surface area (Å²) in [5.41, 5.74) is 1.79. The fourth-order valence-electron chi connectivity index (χ4n) is 2.92. The number of carbonyl (C=O) groups excluding carboxylic acids is 1. The molecule has 2 amide bonds. The average Bonchev–Trinajstić information content (AvgIpc) is 2.59. The van der Waals surface area contributed by atoms with Crippen molar-refractivity contribution in [2.45, 2.75) is 31.7 Å². The number of hydrogen-bond donors (Lipinski definition) is 3. The summed E-state index contributed by atoms with van der Waals surface area (Å²) in [6.07, 6.45) is 6.13. The molecule has 1 fully saturated rings. The van der Waals surface area contributed by atoms with Crippen molar-refractivity contribution >= 4 is 17.8 Å². The molecule has 1 aromatic carbocycles. The zero-order valence-corrected chi connectivity index (χ0v) is 13.6. The number of amides is 2. The standard InChI is InChI=1S/C18H27N3O2/c1-2-15-7-9-16(10-8-15)20-18(23)19-11-5-13-21-12-4-3-6-17(21)14-22/h2,7-10,17,22H,1,3-6,11-14H2,(H2,19,20,23)/t17-/m1/s1. The van der Waals surface area contributed by atoms with Crippen molar-refractivity contribution < 1.29 is 9.90 Å². The molecule has 1 aliphatic rings. The van der Waals surface area contributed by atoms with Crippen LogP contribution in [0.25, 0.3) is 6.08 Å². The van der Waals surface area contributed by atoms with Crippen LogP contribution in [0.15, 0.2) is 30.8 Å². The van der Waals surface area contributed by atoms with Gasteiger partial charge in [0.15, 0.2) is 0 Å². The molecule has 3 N–H and O–H groups in total. The molecule has 0 aliphatic carbocycles. The molecule has 0 bridgehead atoms.